The van der Waals surface area contributed by atoms with Gasteiger partial charge in [-0.25, -0.2) is 0 Å². The van der Waals surface area contributed by atoms with Crippen LogP contribution in [0.5, 0.6) is 11.5 Å². The number of nitrogens with one attached hydrogen (secondary N) is 2. The number of hydrogen-bond donors (Lipinski definition) is 2. The number of ether oxygens (including phenoxy) is 1. The molecule has 1 aliphatic rings. The Labute approximate surface area is 140 Å². The van der Waals surface area contributed by atoms with Gasteiger partial charge in [-0.3, -0.25) is 14.5 Å². The minimum absolute atomic E-state index is 0.0449. The molecular weight excluding hydrogens is 306 g/mol. The van der Waals surface area contributed by atoms with Crippen LogP contribution in [-0.4, -0.2) is 42.9 Å². The van der Waals surface area contributed by atoms with Crippen molar-refractivity contribution in [1.82, 2.24) is 10.2 Å². The summed E-state index contributed by atoms with van der Waals surface area (Å²) in [7, 11) is 0. The molecule has 3 rings (SSSR count). The molecule has 2 aromatic rings. The zero-order chi connectivity index (χ0) is 16.8. The molecule has 1 heterocycles. The highest BCUT2D eigenvalue weighted by Gasteiger charge is 2.18. The van der Waals surface area contributed by atoms with E-state index in [1.807, 2.05) is 35.2 Å². The monoisotopic (exact) mass is 325 g/mol. The van der Waals surface area contributed by atoms with E-state index >= 15 is 0 Å². The zero-order valence-electron chi connectivity index (χ0n) is 13.2. The number of piperazine rings is 1. The molecule has 0 aromatic heterocycles. The van der Waals surface area contributed by atoms with Crippen LogP contribution < -0.4 is 15.4 Å². The SMILES string of the molecule is O=C1CN(CC(=O)Nc2ccc(Oc3ccccc3)cc2)CCN1. The second kappa shape index (κ2) is 7.61. The maximum atomic E-state index is 12.0. The van der Waals surface area contributed by atoms with Gasteiger partial charge in [0.05, 0.1) is 13.1 Å². The lowest BCUT2D eigenvalue weighted by atomic mass is 10.3. The predicted molar refractivity (Wildman–Crippen MR) is 91.0 cm³/mol. The topological polar surface area (TPSA) is 70.7 Å². The van der Waals surface area contributed by atoms with Gasteiger partial charge in [-0.2, -0.15) is 0 Å². The molecule has 6 nitrogen and oxygen atoms in total. The summed E-state index contributed by atoms with van der Waals surface area (Å²) in [4.78, 5) is 25.2. The van der Waals surface area contributed by atoms with E-state index in [0.717, 1.165) is 5.75 Å². The molecule has 6 heteroatoms. The molecule has 1 fully saturated rings. The molecular formula is C18H19N3O3. The van der Waals surface area contributed by atoms with Crippen LogP contribution in [0.25, 0.3) is 0 Å². The summed E-state index contributed by atoms with van der Waals surface area (Å²) in [6.07, 6.45) is 0. The molecule has 0 bridgehead atoms. The van der Waals surface area contributed by atoms with Crippen LogP contribution in [0.15, 0.2) is 54.6 Å². The number of nitrogens with zero attached hydrogens (tertiary/aromatic N) is 1. The summed E-state index contributed by atoms with van der Waals surface area (Å²) in [6, 6.07) is 16.7. The summed E-state index contributed by atoms with van der Waals surface area (Å²) < 4.78 is 5.71. The Kier molecular flexibility index (Phi) is 5.08. The summed E-state index contributed by atoms with van der Waals surface area (Å²) in [6.45, 7) is 1.73. The predicted octanol–water partition coefficient (Wildman–Crippen LogP) is 1.85. The van der Waals surface area contributed by atoms with Crippen molar-refractivity contribution < 1.29 is 14.3 Å². The van der Waals surface area contributed by atoms with E-state index in [9.17, 15) is 9.59 Å². The molecule has 0 radical (unpaired) electrons. The quantitative estimate of drug-likeness (QED) is 0.880. The summed E-state index contributed by atoms with van der Waals surface area (Å²) >= 11 is 0. The minimum Gasteiger partial charge on any atom is -0.457 e. The van der Waals surface area contributed by atoms with Crippen LogP contribution in [0.3, 0.4) is 0 Å². The molecule has 124 valence electrons. The highest BCUT2D eigenvalue weighted by molar-refractivity contribution is 5.92. The molecule has 0 aliphatic carbocycles. The number of para-hydroxylation sites is 1. The molecule has 0 atom stereocenters. The summed E-state index contributed by atoms with van der Waals surface area (Å²) in [5, 5.41) is 5.56. The van der Waals surface area contributed by atoms with Crippen LogP contribution >= 0.6 is 0 Å². The van der Waals surface area contributed by atoms with Crippen LogP contribution in [0.1, 0.15) is 0 Å². The lowest BCUT2D eigenvalue weighted by molar-refractivity contribution is -0.125. The van der Waals surface area contributed by atoms with Gasteiger partial charge < -0.3 is 15.4 Å². The fourth-order valence-corrected chi connectivity index (χ4v) is 2.46. The smallest absolute Gasteiger partial charge is 0.238 e. The number of carbonyl (C=O) groups is 2. The third-order valence-electron chi connectivity index (χ3n) is 3.60. The largest absolute Gasteiger partial charge is 0.457 e. The van der Waals surface area contributed by atoms with E-state index in [-0.39, 0.29) is 24.9 Å². The second-order valence-electron chi connectivity index (χ2n) is 5.55. The van der Waals surface area contributed by atoms with Gasteiger partial charge in [0.2, 0.25) is 11.8 Å². The van der Waals surface area contributed by atoms with Crippen LogP contribution in [0.2, 0.25) is 0 Å². The van der Waals surface area contributed by atoms with Crippen molar-refractivity contribution in [2.75, 3.05) is 31.5 Å². The Balaban J connectivity index is 1.52. The van der Waals surface area contributed by atoms with Crippen molar-refractivity contribution in [3.63, 3.8) is 0 Å². The van der Waals surface area contributed by atoms with Crippen molar-refractivity contribution in [1.29, 1.82) is 0 Å². The third-order valence-corrected chi connectivity index (χ3v) is 3.60. The van der Waals surface area contributed by atoms with Crippen molar-refractivity contribution in [2.24, 2.45) is 0 Å². The second-order valence-corrected chi connectivity index (χ2v) is 5.55. The summed E-state index contributed by atoms with van der Waals surface area (Å²) in [5.74, 6) is 1.28. The molecule has 1 saturated heterocycles. The first kappa shape index (κ1) is 16.0. The van der Waals surface area contributed by atoms with Gasteiger partial charge in [0, 0.05) is 18.8 Å². The first-order valence-electron chi connectivity index (χ1n) is 7.81. The zero-order valence-corrected chi connectivity index (χ0v) is 13.2. The van der Waals surface area contributed by atoms with Crippen molar-refractivity contribution in [2.45, 2.75) is 0 Å². The van der Waals surface area contributed by atoms with Gasteiger partial charge in [0.1, 0.15) is 11.5 Å². The number of anilines is 1. The number of carbonyl (C=O) groups excluding carboxylic acids is 2. The maximum absolute atomic E-state index is 12.0. The van der Waals surface area contributed by atoms with Crippen molar-refractivity contribution >= 4 is 17.5 Å². The van der Waals surface area contributed by atoms with E-state index in [1.165, 1.54) is 0 Å². The van der Waals surface area contributed by atoms with Gasteiger partial charge in [-0.05, 0) is 36.4 Å². The molecule has 1 aliphatic heterocycles. The number of amides is 2. The highest BCUT2D eigenvalue weighted by atomic mass is 16.5. The molecule has 2 aromatic carbocycles. The lowest BCUT2D eigenvalue weighted by Gasteiger charge is -2.25. The molecule has 0 saturated carbocycles. The number of hydrogen-bond acceptors (Lipinski definition) is 4. The van der Waals surface area contributed by atoms with Crippen molar-refractivity contribution in [3.8, 4) is 11.5 Å². The Bertz CT molecular complexity index is 701. The summed E-state index contributed by atoms with van der Waals surface area (Å²) in [5.41, 5.74) is 0.696. The van der Waals surface area contributed by atoms with Crippen LogP contribution in [0.4, 0.5) is 5.69 Å². The molecule has 2 amide bonds. The Morgan fingerprint density at radius 3 is 2.50 bits per heavy atom. The normalized spacial score (nSPS) is 14.8. The average molecular weight is 325 g/mol. The standard InChI is InChI=1S/C18H19N3O3/c22-17-12-21(11-10-19-17)13-18(23)20-14-6-8-16(9-7-14)24-15-4-2-1-3-5-15/h1-9H,10-13H2,(H,19,22)(H,20,23). The fraction of sp³-hybridized carbons (Fsp3) is 0.222. The number of rotatable bonds is 5. The Hall–Kier alpha value is -2.86. The van der Waals surface area contributed by atoms with E-state index in [2.05, 4.69) is 10.6 Å². The van der Waals surface area contributed by atoms with E-state index in [0.29, 0.717) is 24.5 Å². The van der Waals surface area contributed by atoms with Gasteiger partial charge >= 0.3 is 0 Å². The van der Waals surface area contributed by atoms with Gasteiger partial charge in [-0.1, -0.05) is 18.2 Å². The van der Waals surface area contributed by atoms with Gasteiger partial charge in [0.25, 0.3) is 0 Å². The Morgan fingerprint density at radius 1 is 1.08 bits per heavy atom. The van der Waals surface area contributed by atoms with E-state index < -0.39 is 0 Å². The average Bonchev–Trinajstić information content (AvgIpc) is 2.57. The maximum Gasteiger partial charge on any atom is 0.238 e. The Morgan fingerprint density at radius 2 is 1.79 bits per heavy atom. The van der Waals surface area contributed by atoms with Gasteiger partial charge in [-0.15, -0.1) is 0 Å². The molecule has 0 spiro atoms. The first-order valence-corrected chi connectivity index (χ1v) is 7.81. The first-order chi connectivity index (χ1) is 11.7. The van der Waals surface area contributed by atoms with Crippen molar-refractivity contribution in [3.05, 3.63) is 54.6 Å². The van der Waals surface area contributed by atoms with Gasteiger partial charge in [0.15, 0.2) is 0 Å². The highest BCUT2D eigenvalue weighted by Crippen LogP contribution is 2.22. The molecule has 0 unspecified atom stereocenters. The van der Waals surface area contributed by atoms with Crippen LogP contribution in [-0.2, 0) is 9.59 Å². The van der Waals surface area contributed by atoms with E-state index in [1.54, 1.807) is 24.3 Å². The van der Waals surface area contributed by atoms with E-state index in [4.69, 9.17) is 4.74 Å². The molecule has 2 N–H and O–H groups in total. The lowest BCUT2D eigenvalue weighted by Crippen LogP contribution is -2.49. The van der Waals surface area contributed by atoms with Crippen LogP contribution in [0, 0.1) is 0 Å². The minimum atomic E-state index is -0.138. The molecule has 24 heavy (non-hydrogen) atoms. The number of benzene rings is 2. The third kappa shape index (κ3) is 4.57. The fourth-order valence-electron chi connectivity index (χ4n) is 2.46.